The van der Waals surface area contributed by atoms with Crippen LogP contribution in [-0.2, 0) is 4.79 Å². The maximum atomic E-state index is 11.6. The third kappa shape index (κ3) is 3.58. The van der Waals surface area contributed by atoms with Crippen LogP contribution in [0.4, 0.5) is 5.69 Å². The number of hydrogen-bond acceptors (Lipinski definition) is 4. The van der Waals surface area contributed by atoms with Gasteiger partial charge in [-0.25, -0.2) is 0 Å². The van der Waals surface area contributed by atoms with Gasteiger partial charge >= 0.3 is 0 Å². The summed E-state index contributed by atoms with van der Waals surface area (Å²) in [4.78, 5) is 11.6. The fraction of sp³-hybridized carbons (Fsp3) is 0.308. The van der Waals surface area contributed by atoms with Gasteiger partial charge in [0.15, 0.2) is 0 Å². The van der Waals surface area contributed by atoms with Crippen molar-refractivity contribution in [3.8, 4) is 12.1 Å². The summed E-state index contributed by atoms with van der Waals surface area (Å²) >= 11 is 0. The maximum absolute atomic E-state index is 11.6. The van der Waals surface area contributed by atoms with Crippen LogP contribution in [0, 0.1) is 22.7 Å². The summed E-state index contributed by atoms with van der Waals surface area (Å²) in [7, 11) is 0. The number of benzene rings is 1. The zero-order valence-electron chi connectivity index (χ0n) is 10.1. The van der Waals surface area contributed by atoms with Gasteiger partial charge in [-0.15, -0.1) is 0 Å². The molecule has 0 bridgehead atoms. The van der Waals surface area contributed by atoms with E-state index in [1.807, 2.05) is 19.1 Å². The number of anilines is 1. The number of amides is 1. The average molecular weight is 242 g/mol. The molecule has 18 heavy (non-hydrogen) atoms. The summed E-state index contributed by atoms with van der Waals surface area (Å²) in [5, 5.41) is 20.3. The van der Waals surface area contributed by atoms with Crippen molar-refractivity contribution in [1.29, 1.82) is 10.5 Å². The van der Waals surface area contributed by atoms with Crippen molar-refractivity contribution in [2.45, 2.75) is 25.8 Å². The number of carbonyl (C=O) groups is 1. The first-order valence-corrected chi connectivity index (χ1v) is 5.60. The maximum Gasteiger partial charge on any atom is 0.225 e. The van der Waals surface area contributed by atoms with Crippen molar-refractivity contribution in [2.24, 2.45) is 5.73 Å². The average Bonchev–Trinajstić information content (AvgIpc) is 2.38. The van der Waals surface area contributed by atoms with E-state index in [1.54, 1.807) is 6.07 Å². The molecule has 5 nitrogen and oxygen atoms in total. The zero-order valence-corrected chi connectivity index (χ0v) is 10.1. The highest BCUT2D eigenvalue weighted by atomic mass is 16.1. The van der Waals surface area contributed by atoms with Crippen LogP contribution in [-0.4, -0.2) is 11.9 Å². The molecular weight excluding hydrogens is 228 g/mol. The highest BCUT2D eigenvalue weighted by Crippen LogP contribution is 2.15. The molecule has 0 heterocycles. The molecule has 1 aromatic carbocycles. The Hall–Kier alpha value is -2.37. The first kappa shape index (κ1) is 13.7. The minimum absolute atomic E-state index is 0.168. The predicted molar refractivity (Wildman–Crippen MR) is 67.4 cm³/mol. The van der Waals surface area contributed by atoms with Crippen LogP contribution in [0.1, 0.15) is 30.9 Å². The molecule has 92 valence electrons. The van der Waals surface area contributed by atoms with Crippen LogP contribution in [0.3, 0.4) is 0 Å². The van der Waals surface area contributed by atoms with E-state index in [0.29, 0.717) is 11.3 Å². The van der Waals surface area contributed by atoms with Crippen LogP contribution in [0.5, 0.6) is 0 Å². The van der Waals surface area contributed by atoms with E-state index in [-0.39, 0.29) is 23.9 Å². The van der Waals surface area contributed by atoms with Crippen molar-refractivity contribution < 1.29 is 4.79 Å². The standard InChI is InChI=1S/C13H14N4O/c1-2-11(16)6-13(18)17-12-4-3-9(7-14)10(5-12)8-15/h3-5,11H,2,6,16H2,1H3,(H,17,18). The van der Waals surface area contributed by atoms with E-state index >= 15 is 0 Å². The van der Waals surface area contributed by atoms with Gasteiger partial charge in [-0.05, 0) is 24.6 Å². The fourth-order valence-corrected chi connectivity index (χ4v) is 1.41. The molecule has 1 unspecified atom stereocenters. The number of nitrogens with two attached hydrogens (primary N) is 1. The lowest BCUT2D eigenvalue weighted by Gasteiger charge is -2.09. The Morgan fingerprint density at radius 1 is 1.39 bits per heavy atom. The molecule has 0 aliphatic carbocycles. The van der Waals surface area contributed by atoms with Gasteiger partial charge in [-0.3, -0.25) is 4.79 Å². The third-order valence-corrected chi connectivity index (χ3v) is 2.52. The molecule has 0 saturated carbocycles. The Morgan fingerprint density at radius 2 is 2.06 bits per heavy atom. The second-order valence-electron chi connectivity index (χ2n) is 3.90. The van der Waals surface area contributed by atoms with Gasteiger partial charge in [0.1, 0.15) is 12.1 Å². The Kier molecular flexibility index (Phi) is 4.86. The molecule has 0 spiro atoms. The molecule has 0 aliphatic heterocycles. The Morgan fingerprint density at radius 3 is 2.61 bits per heavy atom. The summed E-state index contributed by atoms with van der Waals surface area (Å²) in [6.07, 6.45) is 0.961. The largest absolute Gasteiger partial charge is 0.327 e. The summed E-state index contributed by atoms with van der Waals surface area (Å²) in [6, 6.07) is 8.24. The Bertz CT molecular complexity index is 525. The smallest absolute Gasteiger partial charge is 0.225 e. The first-order valence-electron chi connectivity index (χ1n) is 5.60. The number of nitriles is 2. The van der Waals surface area contributed by atoms with Crippen LogP contribution in [0.2, 0.25) is 0 Å². The quantitative estimate of drug-likeness (QED) is 0.834. The van der Waals surface area contributed by atoms with E-state index in [0.717, 1.165) is 6.42 Å². The summed E-state index contributed by atoms with van der Waals surface area (Å²) in [6.45, 7) is 1.91. The van der Waals surface area contributed by atoms with E-state index < -0.39 is 0 Å². The molecule has 0 saturated heterocycles. The van der Waals surface area contributed by atoms with Crippen molar-refractivity contribution in [3.05, 3.63) is 29.3 Å². The third-order valence-electron chi connectivity index (χ3n) is 2.52. The van der Waals surface area contributed by atoms with Gasteiger partial charge in [0, 0.05) is 18.2 Å². The molecule has 0 fully saturated rings. The zero-order chi connectivity index (χ0) is 13.5. The van der Waals surface area contributed by atoms with Crippen molar-refractivity contribution in [2.75, 3.05) is 5.32 Å². The summed E-state index contributed by atoms with van der Waals surface area (Å²) in [5.74, 6) is -0.196. The van der Waals surface area contributed by atoms with Crippen LogP contribution < -0.4 is 11.1 Å². The molecular formula is C13H14N4O. The lowest BCUT2D eigenvalue weighted by molar-refractivity contribution is -0.116. The second-order valence-corrected chi connectivity index (χ2v) is 3.90. The highest BCUT2D eigenvalue weighted by Gasteiger charge is 2.09. The Labute approximate surface area is 106 Å². The SMILES string of the molecule is CCC(N)CC(=O)Nc1ccc(C#N)c(C#N)c1. The van der Waals surface area contributed by atoms with E-state index in [2.05, 4.69) is 5.32 Å². The number of nitrogens with one attached hydrogen (secondary N) is 1. The van der Waals surface area contributed by atoms with Gasteiger partial charge in [0.05, 0.1) is 11.1 Å². The van der Waals surface area contributed by atoms with E-state index in [4.69, 9.17) is 16.3 Å². The molecule has 3 N–H and O–H groups in total. The molecule has 1 amide bonds. The number of hydrogen-bond donors (Lipinski definition) is 2. The van der Waals surface area contributed by atoms with Crippen LogP contribution in [0.25, 0.3) is 0 Å². The molecule has 5 heteroatoms. The van der Waals surface area contributed by atoms with Gasteiger partial charge in [0.2, 0.25) is 5.91 Å². The number of rotatable bonds is 4. The van der Waals surface area contributed by atoms with Gasteiger partial charge in [0.25, 0.3) is 0 Å². The van der Waals surface area contributed by atoms with Gasteiger partial charge < -0.3 is 11.1 Å². The lowest BCUT2D eigenvalue weighted by Crippen LogP contribution is -2.26. The molecule has 0 aromatic heterocycles. The monoisotopic (exact) mass is 242 g/mol. The molecule has 1 aromatic rings. The number of carbonyl (C=O) groups excluding carboxylic acids is 1. The topological polar surface area (TPSA) is 103 Å². The summed E-state index contributed by atoms with van der Waals surface area (Å²) in [5.41, 5.74) is 6.71. The van der Waals surface area contributed by atoms with Crippen molar-refractivity contribution in [1.82, 2.24) is 0 Å². The van der Waals surface area contributed by atoms with Crippen molar-refractivity contribution >= 4 is 11.6 Å². The second kappa shape index (κ2) is 6.39. The molecule has 0 aliphatic rings. The minimum Gasteiger partial charge on any atom is -0.327 e. The molecule has 0 radical (unpaired) electrons. The Balaban J connectivity index is 2.78. The van der Waals surface area contributed by atoms with Gasteiger partial charge in [-0.1, -0.05) is 6.92 Å². The minimum atomic E-state index is -0.196. The molecule has 1 atom stereocenters. The normalized spacial score (nSPS) is 11.1. The van der Waals surface area contributed by atoms with Crippen LogP contribution in [0.15, 0.2) is 18.2 Å². The van der Waals surface area contributed by atoms with E-state index in [1.165, 1.54) is 12.1 Å². The predicted octanol–water partition coefficient (Wildman–Crippen LogP) is 1.50. The first-order chi connectivity index (χ1) is 8.60. The lowest BCUT2D eigenvalue weighted by atomic mass is 10.1. The van der Waals surface area contributed by atoms with Crippen molar-refractivity contribution in [3.63, 3.8) is 0 Å². The molecule has 1 rings (SSSR count). The van der Waals surface area contributed by atoms with E-state index in [9.17, 15) is 4.79 Å². The van der Waals surface area contributed by atoms with Crippen LogP contribution >= 0.6 is 0 Å². The van der Waals surface area contributed by atoms with Gasteiger partial charge in [-0.2, -0.15) is 10.5 Å². The summed E-state index contributed by atoms with van der Waals surface area (Å²) < 4.78 is 0. The number of nitrogens with zero attached hydrogens (tertiary/aromatic N) is 2. The highest BCUT2D eigenvalue weighted by molar-refractivity contribution is 5.91. The fourth-order valence-electron chi connectivity index (χ4n) is 1.41.